The van der Waals surface area contributed by atoms with Crippen LogP contribution in [0.3, 0.4) is 0 Å². The lowest BCUT2D eigenvalue weighted by molar-refractivity contribution is 0.605. The van der Waals surface area contributed by atoms with Crippen LogP contribution in [0.25, 0.3) is 0 Å². The van der Waals surface area contributed by atoms with Gasteiger partial charge in [-0.3, -0.25) is 0 Å². The minimum absolute atomic E-state index is 0.110. The minimum Gasteiger partial charge on any atom is -0.324 e. The van der Waals surface area contributed by atoms with E-state index in [0.29, 0.717) is 11.5 Å². The maximum Gasteiger partial charge on any atom is 0.126 e. The summed E-state index contributed by atoms with van der Waals surface area (Å²) in [5, 5.41) is 0. The van der Waals surface area contributed by atoms with Crippen LogP contribution in [0.5, 0.6) is 0 Å². The summed E-state index contributed by atoms with van der Waals surface area (Å²) in [6.45, 7) is 1.78. The molecule has 70 valence electrons. The Morgan fingerprint density at radius 1 is 1.46 bits per heavy atom. The molecule has 2 heteroatoms. The van der Waals surface area contributed by atoms with Crippen molar-refractivity contribution < 1.29 is 4.39 Å². The highest BCUT2D eigenvalue weighted by Crippen LogP contribution is 2.39. The van der Waals surface area contributed by atoms with Gasteiger partial charge in [0.2, 0.25) is 0 Å². The molecule has 0 radical (unpaired) electrons. The van der Waals surface area contributed by atoms with E-state index >= 15 is 0 Å². The van der Waals surface area contributed by atoms with Crippen LogP contribution in [0.1, 0.15) is 30.0 Å². The molecule has 1 atom stereocenters. The van der Waals surface area contributed by atoms with Crippen LogP contribution in [0.2, 0.25) is 0 Å². The predicted molar refractivity (Wildman–Crippen MR) is 50.8 cm³/mol. The number of rotatable bonds is 2. The first kappa shape index (κ1) is 8.70. The number of halogens is 1. The number of hydrogen-bond acceptors (Lipinski definition) is 1. The lowest BCUT2D eigenvalue weighted by atomic mass is 10.0. The van der Waals surface area contributed by atoms with Crippen LogP contribution >= 0.6 is 0 Å². The van der Waals surface area contributed by atoms with Gasteiger partial charge in [-0.1, -0.05) is 12.1 Å². The molecule has 2 rings (SSSR count). The average Bonchev–Trinajstić information content (AvgIpc) is 2.91. The summed E-state index contributed by atoms with van der Waals surface area (Å²) in [7, 11) is 0. The number of aryl methyl sites for hydroxylation is 1. The number of hydrogen-bond donors (Lipinski definition) is 1. The van der Waals surface area contributed by atoms with Crippen LogP contribution in [-0.4, -0.2) is 0 Å². The molecule has 0 spiro atoms. The van der Waals surface area contributed by atoms with Gasteiger partial charge in [0.1, 0.15) is 5.82 Å². The molecule has 1 fully saturated rings. The molecule has 1 aliphatic rings. The van der Waals surface area contributed by atoms with Crippen LogP contribution < -0.4 is 5.73 Å². The van der Waals surface area contributed by atoms with Crippen LogP contribution in [-0.2, 0) is 0 Å². The molecule has 0 aliphatic heterocycles. The van der Waals surface area contributed by atoms with Crippen molar-refractivity contribution in [3.05, 3.63) is 35.1 Å². The molecule has 0 heterocycles. The highest BCUT2D eigenvalue weighted by molar-refractivity contribution is 5.27. The molecule has 1 aliphatic carbocycles. The van der Waals surface area contributed by atoms with Gasteiger partial charge in [0, 0.05) is 6.04 Å². The van der Waals surface area contributed by atoms with E-state index in [1.165, 1.54) is 18.9 Å². The van der Waals surface area contributed by atoms with Gasteiger partial charge in [-0.2, -0.15) is 0 Å². The fourth-order valence-electron chi connectivity index (χ4n) is 1.60. The molecule has 1 aromatic carbocycles. The van der Waals surface area contributed by atoms with E-state index in [-0.39, 0.29) is 11.9 Å². The third kappa shape index (κ3) is 1.73. The second kappa shape index (κ2) is 3.11. The largest absolute Gasteiger partial charge is 0.324 e. The number of nitrogens with two attached hydrogens (primary N) is 1. The first-order chi connectivity index (χ1) is 6.18. The van der Waals surface area contributed by atoms with E-state index in [1.54, 1.807) is 13.0 Å². The van der Waals surface area contributed by atoms with Crippen LogP contribution in [0, 0.1) is 18.7 Å². The Balaban J connectivity index is 2.24. The van der Waals surface area contributed by atoms with Crippen molar-refractivity contribution in [2.75, 3.05) is 0 Å². The summed E-state index contributed by atoms with van der Waals surface area (Å²) in [5.41, 5.74) is 7.76. The van der Waals surface area contributed by atoms with Crippen molar-refractivity contribution in [1.29, 1.82) is 0 Å². The maximum atomic E-state index is 12.9. The van der Waals surface area contributed by atoms with E-state index in [4.69, 9.17) is 5.73 Å². The molecule has 1 saturated carbocycles. The van der Waals surface area contributed by atoms with E-state index < -0.39 is 0 Å². The van der Waals surface area contributed by atoms with Crippen LogP contribution in [0.4, 0.5) is 4.39 Å². The summed E-state index contributed by atoms with van der Waals surface area (Å²) in [5.74, 6) is 0.483. The fraction of sp³-hybridized carbons (Fsp3) is 0.455. The Labute approximate surface area is 77.8 Å². The van der Waals surface area contributed by atoms with Crippen LogP contribution in [0.15, 0.2) is 18.2 Å². The summed E-state index contributed by atoms with van der Waals surface area (Å²) in [6.07, 6.45) is 2.44. The molecule has 0 amide bonds. The van der Waals surface area contributed by atoms with E-state index in [2.05, 4.69) is 0 Å². The van der Waals surface area contributed by atoms with Crippen molar-refractivity contribution in [1.82, 2.24) is 0 Å². The molecule has 2 N–H and O–H groups in total. The predicted octanol–water partition coefficient (Wildman–Crippen LogP) is 2.54. The maximum absolute atomic E-state index is 12.9. The minimum atomic E-state index is -0.147. The van der Waals surface area contributed by atoms with Crippen molar-refractivity contribution in [3.8, 4) is 0 Å². The highest BCUT2D eigenvalue weighted by atomic mass is 19.1. The van der Waals surface area contributed by atoms with Gasteiger partial charge in [0.15, 0.2) is 0 Å². The lowest BCUT2D eigenvalue weighted by Crippen LogP contribution is -2.12. The summed E-state index contributed by atoms with van der Waals surface area (Å²) >= 11 is 0. The SMILES string of the molecule is Cc1cc([C@H](N)C2CC2)ccc1F. The summed E-state index contributed by atoms with van der Waals surface area (Å²) in [6, 6.07) is 5.27. The molecular weight excluding hydrogens is 165 g/mol. The third-order valence-corrected chi connectivity index (χ3v) is 2.70. The van der Waals surface area contributed by atoms with Gasteiger partial charge < -0.3 is 5.73 Å². The summed E-state index contributed by atoms with van der Waals surface area (Å²) < 4.78 is 12.9. The molecule has 0 saturated heterocycles. The topological polar surface area (TPSA) is 26.0 Å². The van der Waals surface area contributed by atoms with Crippen molar-refractivity contribution in [2.45, 2.75) is 25.8 Å². The zero-order chi connectivity index (χ0) is 9.42. The molecule has 13 heavy (non-hydrogen) atoms. The number of benzene rings is 1. The van der Waals surface area contributed by atoms with Crippen molar-refractivity contribution >= 4 is 0 Å². The Morgan fingerprint density at radius 2 is 2.15 bits per heavy atom. The van der Waals surface area contributed by atoms with E-state index in [1.807, 2.05) is 6.07 Å². The van der Waals surface area contributed by atoms with Gasteiger partial charge in [-0.15, -0.1) is 0 Å². The average molecular weight is 179 g/mol. The Bertz CT molecular complexity index is 318. The van der Waals surface area contributed by atoms with Crippen molar-refractivity contribution in [3.63, 3.8) is 0 Å². The molecular formula is C11H14FN. The smallest absolute Gasteiger partial charge is 0.126 e. The normalized spacial score (nSPS) is 18.7. The van der Waals surface area contributed by atoms with Gasteiger partial charge in [-0.05, 0) is 42.9 Å². The first-order valence-electron chi connectivity index (χ1n) is 4.70. The Kier molecular flexibility index (Phi) is 2.08. The monoisotopic (exact) mass is 179 g/mol. The zero-order valence-corrected chi connectivity index (χ0v) is 7.76. The highest BCUT2D eigenvalue weighted by Gasteiger charge is 2.29. The lowest BCUT2D eigenvalue weighted by Gasteiger charge is -2.11. The molecule has 0 unspecified atom stereocenters. The quantitative estimate of drug-likeness (QED) is 0.741. The molecule has 1 aromatic rings. The molecule has 0 bridgehead atoms. The van der Waals surface area contributed by atoms with Crippen molar-refractivity contribution in [2.24, 2.45) is 11.7 Å². The second-order valence-electron chi connectivity index (χ2n) is 3.87. The van der Waals surface area contributed by atoms with Gasteiger partial charge in [-0.25, -0.2) is 4.39 Å². The second-order valence-corrected chi connectivity index (χ2v) is 3.87. The standard InChI is InChI=1S/C11H14FN/c1-7-6-9(4-5-10(7)12)11(13)8-2-3-8/h4-6,8,11H,2-3,13H2,1H3/t11-/m1/s1. The fourth-order valence-corrected chi connectivity index (χ4v) is 1.60. The zero-order valence-electron chi connectivity index (χ0n) is 7.76. The third-order valence-electron chi connectivity index (χ3n) is 2.70. The van der Waals surface area contributed by atoms with E-state index in [9.17, 15) is 4.39 Å². The van der Waals surface area contributed by atoms with Gasteiger partial charge >= 0.3 is 0 Å². The molecule has 0 aromatic heterocycles. The van der Waals surface area contributed by atoms with E-state index in [0.717, 1.165) is 5.56 Å². The van der Waals surface area contributed by atoms with Gasteiger partial charge in [0.05, 0.1) is 0 Å². The summed E-state index contributed by atoms with van der Waals surface area (Å²) in [4.78, 5) is 0. The first-order valence-corrected chi connectivity index (χ1v) is 4.70. The Morgan fingerprint density at radius 3 is 2.69 bits per heavy atom. The Hall–Kier alpha value is -0.890. The van der Waals surface area contributed by atoms with Gasteiger partial charge in [0.25, 0.3) is 0 Å². The molecule has 1 nitrogen and oxygen atoms in total.